The van der Waals surface area contributed by atoms with Crippen LogP contribution in [0.15, 0.2) is 0 Å². The highest BCUT2D eigenvalue weighted by Crippen LogP contribution is 2.62. The second-order valence-electron chi connectivity index (χ2n) is 9.41. The van der Waals surface area contributed by atoms with Gasteiger partial charge in [-0.25, -0.2) is 0 Å². The molecule has 0 bridgehead atoms. The first-order valence-corrected chi connectivity index (χ1v) is 9.83. The molecular formula is C21H30O6. The van der Waals surface area contributed by atoms with Gasteiger partial charge < -0.3 is 9.47 Å². The maximum atomic E-state index is 13.3. The topological polar surface area (TPSA) is 86.7 Å². The maximum Gasteiger partial charge on any atom is 0.312 e. The minimum atomic E-state index is -1.13. The maximum absolute atomic E-state index is 13.3. The zero-order valence-corrected chi connectivity index (χ0v) is 16.9. The number of methoxy groups -OCH3 is 1. The van der Waals surface area contributed by atoms with Crippen LogP contribution in [0, 0.1) is 34.5 Å². The van der Waals surface area contributed by atoms with Crippen LogP contribution in [0.1, 0.15) is 59.8 Å². The van der Waals surface area contributed by atoms with Crippen LogP contribution in [0.5, 0.6) is 0 Å². The number of Topliss-reactive ketones (excluding diaryl/α,β-unsaturated/α-hetero) is 2. The average molecular weight is 378 g/mol. The Morgan fingerprint density at radius 2 is 1.78 bits per heavy atom. The fourth-order valence-corrected chi connectivity index (χ4v) is 6.59. The summed E-state index contributed by atoms with van der Waals surface area (Å²) in [4.78, 5) is 50.2. The van der Waals surface area contributed by atoms with Gasteiger partial charge in [-0.15, -0.1) is 0 Å². The number of esters is 2. The molecule has 3 aliphatic rings. The summed E-state index contributed by atoms with van der Waals surface area (Å²) < 4.78 is 10.6. The summed E-state index contributed by atoms with van der Waals surface area (Å²) in [6.07, 6.45) is 1.92. The molecule has 0 aromatic carbocycles. The highest BCUT2D eigenvalue weighted by molar-refractivity contribution is 5.97. The lowest BCUT2D eigenvalue weighted by Crippen LogP contribution is -2.63. The van der Waals surface area contributed by atoms with Gasteiger partial charge in [0, 0.05) is 38.0 Å². The number of carbonyl (C=O) groups is 4. The van der Waals surface area contributed by atoms with Gasteiger partial charge in [0.05, 0.1) is 12.5 Å². The Kier molecular flexibility index (Phi) is 4.98. The van der Waals surface area contributed by atoms with Crippen LogP contribution in [-0.2, 0) is 28.7 Å². The van der Waals surface area contributed by atoms with E-state index in [-0.39, 0.29) is 54.7 Å². The summed E-state index contributed by atoms with van der Waals surface area (Å²) in [6, 6.07) is 0. The Hall–Kier alpha value is -1.72. The molecule has 27 heavy (non-hydrogen) atoms. The molecule has 0 aromatic heterocycles. The average Bonchev–Trinajstić information content (AvgIpc) is 2.53. The summed E-state index contributed by atoms with van der Waals surface area (Å²) in [5.74, 6) is -1.09. The molecule has 7 atom stereocenters. The van der Waals surface area contributed by atoms with Gasteiger partial charge in [0.25, 0.3) is 0 Å². The molecule has 3 fully saturated rings. The van der Waals surface area contributed by atoms with Crippen molar-refractivity contribution >= 4 is 23.5 Å². The van der Waals surface area contributed by atoms with Crippen LogP contribution in [0.4, 0.5) is 0 Å². The van der Waals surface area contributed by atoms with E-state index < -0.39 is 22.7 Å². The second kappa shape index (κ2) is 6.71. The molecular weight excluding hydrogens is 348 g/mol. The minimum absolute atomic E-state index is 0.00244. The third kappa shape index (κ3) is 3.11. The molecule has 3 saturated carbocycles. The quantitative estimate of drug-likeness (QED) is 0.687. The van der Waals surface area contributed by atoms with E-state index in [4.69, 9.17) is 9.47 Å². The lowest BCUT2D eigenvalue weighted by atomic mass is 9.43. The van der Waals surface area contributed by atoms with Crippen LogP contribution >= 0.6 is 0 Å². The van der Waals surface area contributed by atoms with Crippen LogP contribution in [0.25, 0.3) is 0 Å². The number of hydrogen-bond acceptors (Lipinski definition) is 6. The zero-order valence-electron chi connectivity index (χ0n) is 16.9. The molecule has 0 aliphatic heterocycles. The van der Waals surface area contributed by atoms with E-state index in [2.05, 4.69) is 6.92 Å². The lowest BCUT2D eigenvalue weighted by Gasteiger charge is -2.60. The normalized spacial score (nSPS) is 44.1. The Morgan fingerprint density at radius 3 is 2.37 bits per heavy atom. The predicted octanol–water partition coefficient (Wildman–Crippen LogP) is 2.72. The minimum Gasteiger partial charge on any atom is -0.469 e. The number of rotatable bonds is 2. The fourth-order valence-electron chi connectivity index (χ4n) is 6.59. The molecule has 3 rings (SSSR count). The van der Waals surface area contributed by atoms with Crippen molar-refractivity contribution in [3.8, 4) is 0 Å². The van der Waals surface area contributed by atoms with E-state index in [9.17, 15) is 19.2 Å². The first-order valence-electron chi connectivity index (χ1n) is 9.83. The number of carbonyl (C=O) groups excluding carboxylic acids is 4. The summed E-state index contributed by atoms with van der Waals surface area (Å²) in [6.45, 7) is 7.19. The van der Waals surface area contributed by atoms with Gasteiger partial charge in [0.2, 0.25) is 0 Å². The molecule has 5 unspecified atom stereocenters. The first kappa shape index (κ1) is 20.0. The van der Waals surface area contributed by atoms with E-state index >= 15 is 0 Å². The number of ketones is 2. The van der Waals surface area contributed by atoms with Gasteiger partial charge in [-0.3, -0.25) is 19.2 Å². The van der Waals surface area contributed by atoms with Crippen molar-refractivity contribution in [2.24, 2.45) is 34.5 Å². The highest BCUT2D eigenvalue weighted by atomic mass is 16.5. The molecule has 6 nitrogen and oxygen atoms in total. The number of hydrogen-bond donors (Lipinski definition) is 0. The van der Waals surface area contributed by atoms with E-state index in [1.807, 2.05) is 6.92 Å². The van der Waals surface area contributed by atoms with E-state index in [1.165, 1.54) is 14.0 Å². The third-order valence-corrected chi connectivity index (χ3v) is 7.30. The van der Waals surface area contributed by atoms with Crippen LogP contribution in [0.3, 0.4) is 0 Å². The third-order valence-electron chi connectivity index (χ3n) is 7.30. The smallest absolute Gasteiger partial charge is 0.312 e. The number of fused-ring (bicyclic) bond motifs is 3. The fraction of sp³-hybridized carbons (Fsp3) is 0.810. The molecule has 0 N–H and O–H groups in total. The molecule has 0 amide bonds. The highest BCUT2D eigenvalue weighted by Gasteiger charge is 2.66. The molecule has 0 saturated heterocycles. The van der Waals surface area contributed by atoms with Crippen molar-refractivity contribution in [2.75, 3.05) is 7.11 Å². The van der Waals surface area contributed by atoms with Crippen molar-refractivity contribution < 1.29 is 28.7 Å². The van der Waals surface area contributed by atoms with Gasteiger partial charge in [0.1, 0.15) is 17.7 Å². The Labute approximate surface area is 160 Å². The second-order valence-corrected chi connectivity index (χ2v) is 9.41. The summed E-state index contributed by atoms with van der Waals surface area (Å²) >= 11 is 0. The van der Waals surface area contributed by atoms with Gasteiger partial charge in [-0.2, -0.15) is 0 Å². The molecule has 6 heteroatoms. The largest absolute Gasteiger partial charge is 0.469 e. The van der Waals surface area contributed by atoms with Crippen LogP contribution < -0.4 is 0 Å². The molecule has 3 aliphatic carbocycles. The SMILES string of the molecule is COC(=O)C1(C)CC(=O)C[C@@]2(C)C3CC(C)CC(OC(C)=O)[C@H]3CC(=O)C12. The summed E-state index contributed by atoms with van der Waals surface area (Å²) in [5.41, 5.74) is -1.75. The van der Waals surface area contributed by atoms with Crippen LogP contribution in [-0.4, -0.2) is 36.7 Å². The van der Waals surface area contributed by atoms with Gasteiger partial charge >= 0.3 is 11.9 Å². The van der Waals surface area contributed by atoms with Gasteiger partial charge in [0.15, 0.2) is 0 Å². The molecule has 0 spiro atoms. The standard InChI is InChI=1S/C21H30O6/c1-11-6-15-14(17(7-11)27-12(2)22)8-16(24)18-20(15,3)9-13(23)10-21(18,4)19(25)26-5/h11,14-15,17-18H,6-10H2,1-5H3/t11?,14-,15?,17?,18?,20-,21?/m0/s1. The molecule has 0 heterocycles. The van der Waals surface area contributed by atoms with Crippen molar-refractivity contribution in [2.45, 2.75) is 65.9 Å². The Bertz CT molecular complexity index is 684. The summed E-state index contributed by atoms with van der Waals surface area (Å²) in [7, 11) is 1.31. The summed E-state index contributed by atoms with van der Waals surface area (Å²) in [5, 5.41) is 0. The van der Waals surface area contributed by atoms with Crippen molar-refractivity contribution in [3.63, 3.8) is 0 Å². The molecule has 0 radical (unpaired) electrons. The van der Waals surface area contributed by atoms with Crippen LogP contribution in [0.2, 0.25) is 0 Å². The Morgan fingerprint density at radius 1 is 1.11 bits per heavy atom. The first-order chi connectivity index (χ1) is 12.5. The van der Waals surface area contributed by atoms with Crippen molar-refractivity contribution in [1.29, 1.82) is 0 Å². The van der Waals surface area contributed by atoms with Crippen molar-refractivity contribution in [1.82, 2.24) is 0 Å². The van der Waals surface area contributed by atoms with E-state index in [0.717, 1.165) is 12.8 Å². The molecule has 0 aromatic rings. The number of ether oxygens (including phenoxy) is 2. The monoisotopic (exact) mass is 378 g/mol. The predicted molar refractivity (Wildman–Crippen MR) is 96.5 cm³/mol. The van der Waals surface area contributed by atoms with Crippen molar-refractivity contribution in [3.05, 3.63) is 0 Å². The lowest BCUT2D eigenvalue weighted by molar-refractivity contribution is -0.192. The molecule has 150 valence electrons. The van der Waals surface area contributed by atoms with Gasteiger partial charge in [-0.05, 0) is 37.0 Å². The zero-order chi connectivity index (χ0) is 20.1. The van der Waals surface area contributed by atoms with E-state index in [0.29, 0.717) is 5.92 Å². The Balaban J connectivity index is 2.06. The van der Waals surface area contributed by atoms with E-state index in [1.54, 1.807) is 6.92 Å². The van der Waals surface area contributed by atoms with Gasteiger partial charge in [-0.1, -0.05) is 13.8 Å².